The van der Waals surface area contributed by atoms with Crippen LogP contribution in [0.4, 0.5) is 4.79 Å². The molecule has 110 valence electrons. The highest BCUT2D eigenvalue weighted by molar-refractivity contribution is 8.81. The van der Waals surface area contributed by atoms with Crippen molar-refractivity contribution in [2.75, 3.05) is 19.3 Å². The summed E-state index contributed by atoms with van der Waals surface area (Å²) in [4.78, 5) is 14.1. The van der Waals surface area contributed by atoms with Crippen molar-refractivity contribution >= 4 is 26.8 Å². The zero-order valence-electron chi connectivity index (χ0n) is 12.1. The molecular formula is C15H27NOS2. The summed E-state index contributed by atoms with van der Waals surface area (Å²) >= 11 is 0. The standard InChI is InChI=1S/C15H27NOS2/c1-18-19-15(17)16-11-6-9-13-7-4-2-3-5-8-14(13)10-12-16/h13-14H,2-12H2,1H3. The summed E-state index contributed by atoms with van der Waals surface area (Å²) in [6.07, 6.45) is 14.3. The molecule has 0 N–H and O–H groups in total. The number of nitrogens with zero attached hydrogens (tertiary/aromatic N) is 1. The number of likely N-dealkylation sites (tertiary alicyclic amines) is 1. The maximum atomic E-state index is 12.0. The van der Waals surface area contributed by atoms with Gasteiger partial charge in [0.2, 0.25) is 0 Å². The van der Waals surface area contributed by atoms with Gasteiger partial charge in [-0.1, -0.05) is 49.3 Å². The third kappa shape index (κ3) is 4.89. The van der Waals surface area contributed by atoms with E-state index in [-0.39, 0.29) is 5.24 Å². The molecule has 0 aromatic heterocycles. The van der Waals surface area contributed by atoms with Gasteiger partial charge in [0.1, 0.15) is 0 Å². The molecule has 2 aliphatic rings. The van der Waals surface area contributed by atoms with E-state index in [0.29, 0.717) is 0 Å². The van der Waals surface area contributed by atoms with Crippen molar-refractivity contribution in [2.45, 2.75) is 57.8 Å². The van der Waals surface area contributed by atoms with Crippen LogP contribution in [0.3, 0.4) is 0 Å². The molecule has 2 unspecified atom stereocenters. The van der Waals surface area contributed by atoms with Gasteiger partial charge < -0.3 is 4.90 Å². The van der Waals surface area contributed by atoms with Crippen LogP contribution in [0.1, 0.15) is 57.8 Å². The summed E-state index contributed by atoms with van der Waals surface area (Å²) in [5.41, 5.74) is 0. The molecule has 0 aromatic carbocycles. The highest BCUT2D eigenvalue weighted by Gasteiger charge is 2.26. The Kier molecular flexibility index (Phi) is 6.92. The fourth-order valence-corrected chi connectivity index (χ4v) is 4.86. The zero-order valence-corrected chi connectivity index (χ0v) is 13.7. The molecule has 1 aliphatic carbocycles. The second kappa shape index (κ2) is 8.46. The summed E-state index contributed by atoms with van der Waals surface area (Å²) in [6, 6.07) is 0. The lowest BCUT2D eigenvalue weighted by molar-refractivity contribution is 0.168. The Bertz CT molecular complexity index is 285. The second-order valence-corrected chi connectivity index (χ2v) is 8.29. The minimum Gasteiger partial charge on any atom is -0.333 e. The van der Waals surface area contributed by atoms with E-state index in [1.807, 2.05) is 6.26 Å². The van der Waals surface area contributed by atoms with E-state index < -0.39 is 0 Å². The van der Waals surface area contributed by atoms with Crippen molar-refractivity contribution in [1.29, 1.82) is 0 Å². The minimum atomic E-state index is 0.275. The molecule has 0 spiro atoms. The monoisotopic (exact) mass is 301 g/mol. The van der Waals surface area contributed by atoms with E-state index >= 15 is 0 Å². The molecule has 2 fully saturated rings. The van der Waals surface area contributed by atoms with Crippen molar-refractivity contribution < 1.29 is 4.79 Å². The molecule has 1 heterocycles. The van der Waals surface area contributed by atoms with E-state index in [1.165, 1.54) is 68.6 Å². The lowest BCUT2D eigenvalue weighted by atomic mass is 9.77. The lowest BCUT2D eigenvalue weighted by Gasteiger charge is -2.34. The topological polar surface area (TPSA) is 20.3 Å². The van der Waals surface area contributed by atoms with Gasteiger partial charge in [0.15, 0.2) is 0 Å². The van der Waals surface area contributed by atoms with Gasteiger partial charge in [0.05, 0.1) is 0 Å². The summed E-state index contributed by atoms with van der Waals surface area (Å²) in [5.74, 6) is 1.83. The second-order valence-electron chi connectivity index (χ2n) is 5.95. The van der Waals surface area contributed by atoms with Gasteiger partial charge in [-0.3, -0.25) is 4.79 Å². The van der Waals surface area contributed by atoms with E-state index in [9.17, 15) is 4.79 Å². The number of carbonyl (C=O) groups is 1. The molecule has 1 saturated heterocycles. The smallest absolute Gasteiger partial charge is 0.292 e. The Balaban J connectivity index is 1.89. The van der Waals surface area contributed by atoms with Crippen LogP contribution >= 0.6 is 21.6 Å². The van der Waals surface area contributed by atoms with E-state index in [4.69, 9.17) is 0 Å². The van der Waals surface area contributed by atoms with E-state index in [0.717, 1.165) is 24.9 Å². The van der Waals surface area contributed by atoms with Crippen LogP contribution < -0.4 is 0 Å². The largest absolute Gasteiger partial charge is 0.333 e. The highest BCUT2D eigenvalue weighted by Crippen LogP contribution is 2.35. The van der Waals surface area contributed by atoms with Gasteiger partial charge >= 0.3 is 0 Å². The third-order valence-corrected chi connectivity index (χ3v) is 6.25. The maximum absolute atomic E-state index is 12.0. The van der Waals surface area contributed by atoms with Crippen molar-refractivity contribution in [1.82, 2.24) is 4.90 Å². The van der Waals surface area contributed by atoms with Gasteiger partial charge in [0.25, 0.3) is 5.24 Å². The average molecular weight is 302 g/mol. The van der Waals surface area contributed by atoms with Crippen molar-refractivity contribution in [2.24, 2.45) is 11.8 Å². The first kappa shape index (κ1) is 15.6. The number of amides is 1. The van der Waals surface area contributed by atoms with Crippen molar-refractivity contribution in [3.63, 3.8) is 0 Å². The Morgan fingerprint density at radius 2 is 1.53 bits per heavy atom. The molecule has 0 aromatic rings. The van der Waals surface area contributed by atoms with Crippen molar-refractivity contribution in [3.05, 3.63) is 0 Å². The van der Waals surface area contributed by atoms with Gasteiger partial charge in [-0.05, 0) is 37.4 Å². The highest BCUT2D eigenvalue weighted by atomic mass is 33.1. The normalized spacial score (nSPS) is 29.6. The van der Waals surface area contributed by atoms with Crippen LogP contribution in [0.5, 0.6) is 0 Å². The Morgan fingerprint density at radius 1 is 0.895 bits per heavy atom. The molecule has 0 bridgehead atoms. The number of carbonyl (C=O) groups excluding carboxylic acids is 1. The lowest BCUT2D eigenvalue weighted by Crippen LogP contribution is -2.34. The van der Waals surface area contributed by atoms with Crippen molar-refractivity contribution in [3.8, 4) is 0 Å². The van der Waals surface area contributed by atoms with Crippen LogP contribution in [0.2, 0.25) is 0 Å². The molecule has 2 rings (SSSR count). The SMILES string of the molecule is CSSC(=O)N1CCCC2CCCCCCC2CC1. The Hall–Kier alpha value is 0.170. The molecule has 1 amide bonds. The third-order valence-electron chi connectivity index (χ3n) is 4.75. The summed E-state index contributed by atoms with van der Waals surface area (Å²) in [7, 11) is 2.96. The molecule has 2 nitrogen and oxygen atoms in total. The summed E-state index contributed by atoms with van der Waals surface area (Å²) in [6.45, 7) is 1.98. The van der Waals surface area contributed by atoms with E-state index in [2.05, 4.69) is 4.90 Å². The molecule has 19 heavy (non-hydrogen) atoms. The van der Waals surface area contributed by atoms with Crippen LogP contribution in [0.25, 0.3) is 0 Å². The van der Waals surface area contributed by atoms with Crippen LogP contribution in [-0.2, 0) is 0 Å². The molecule has 4 heteroatoms. The number of hydrogen-bond donors (Lipinski definition) is 0. The van der Waals surface area contributed by atoms with E-state index in [1.54, 1.807) is 10.8 Å². The van der Waals surface area contributed by atoms with Gasteiger partial charge in [-0.2, -0.15) is 0 Å². The van der Waals surface area contributed by atoms with Gasteiger partial charge in [-0.25, -0.2) is 0 Å². The average Bonchev–Trinajstić information content (AvgIpc) is 2.35. The zero-order chi connectivity index (χ0) is 13.5. The summed E-state index contributed by atoms with van der Waals surface area (Å²) in [5, 5.41) is 0.275. The Labute approximate surface area is 125 Å². The van der Waals surface area contributed by atoms with Crippen LogP contribution in [0, 0.1) is 11.8 Å². The molecule has 1 saturated carbocycles. The van der Waals surface area contributed by atoms with Crippen LogP contribution in [0.15, 0.2) is 0 Å². The quantitative estimate of drug-likeness (QED) is 0.622. The fourth-order valence-electron chi connectivity index (χ4n) is 3.68. The predicted molar refractivity (Wildman–Crippen MR) is 86.6 cm³/mol. The summed E-state index contributed by atoms with van der Waals surface area (Å²) < 4.78 is 0. The predicted octanol–water partition coefficient (Wildman–Crippen LogP) is 5.19. The first-order valence-corrected chi connectivity index (χ1v) is 10.4. The number of fused-ring (bicyclic) bond motifs is 1. The molecule has 0 radical (unpaired) electrons. The number of rotatable bonds is 1. The molecular weight excluding hydrogens is 274 g/mol. The van der Waals surface area contributed by atoms with Gasteiger partial charge in [0, 0.05) is 23.9 Å². The van der Waals surface area contributed by atoms with Crippen LogP contribution in [-0.4, -0.2) is 29.5 Å². The number of hydrogen-bond acceptors (Lipinski definition) is 3. The minimum absolute atomic E-state index is 0.275. The maximum Gasteiger partial charge on any atom is 0.292 e. The molecule has 2 atom stereocenters. The van der Waals surface area contributed by atoms with Gasteiger partial charge in [-0.15, -0.1) is 0 Å². The first-order valence-electron chi connectivity index (χ1n) is 7.81. The Morgan fingerprint density at radius 3 is 2.21 bits per heavy atom. The first-order chi connectivity index (χ1) is 9.31. The fraction of sp³-hybridized carbons (Fsp3) is 0.933. The molecule has 1 aliphatic heterocycles.